The summed E-state index contributed by atoms with van der Waals surface area (Å²) in [5.74, 6) is -0.233. The Hall–Kier alpha value is -1.87. The molecule has 1 unspecified atom stereocenters. The number of benzene rings is 1. The molecule has 0 bridgehead atoms. The molecule has 5 nitrogen and oxygen atoms in total. The van der Waals surface area contributed by atoms with E-state index in [9.17, 15) is 18.0 Å². The molecule has 1 aliphatic rings. The van der Waals surface area contributed by atoms with Crippen molar-refractivity contribution in [2.24, 2.45) is 5.92 Å². The van der Waals surface area contributed by atoms with Gasteiger partial charge < -0.3 is 14.8 Å². The maximum absolute atomic E-state index is 12.2. The second-order valence-corrected chi connectivity index (χ2v) is 6.13. The molecule has 2 aromatic rings. The number of fused-ring (bicyclic) bond motifs is 1. The van der Waals surface area contributed by atoms with E-state index in [-0.39, 0.29) is 17.6 Å². The summed E-state index contributed by atoms with van der Waals surface area (Å²) in [6, 6.07) is 4.46. The van der Waals surface area contributed by atoms with Crippen LogP contribution in [0.15, 0.2) is 18.2 Å². The van der Waals surface area contributed by atoms with Gasteiger partial charge in [-0.05, 0) is 24.6 Å². The number of rotatable bonds is 4. The number of anilines is 1. The third-order valence-electron chi connectivity index (χ3n) is 3.29. The van der Waals surface area contributed by atoms with E-state index in [0.29, 0.717) is 35.0 Å². The summed E-state index contributed by atoms with van der Waals surface area (Å²) >= 11 is 1.19. The maximum atomic E-state index is 12.2. The first kappa shape index (κ1) is 16.0. The maximum Gasteiger partial charge on any atom is 0.422 e. The van der Waals surface area contributed by atoms with E-state index in [2.05, 4.69) is 10.3 Å². The third-order valence-corrected chi connectivity index (χ3v) is 4.23. The highest BCUT2D eigenvalue weighted by molar-refractivity contribution is 7.22. The minimum Gasteiger partial charge on any atom is -0.484 e. The molecule has 0 spiro atoms. The van der Waals surface area contributed by atoms with Crippen molar-refractivity contribution in [3.05, 3.63) is 18.2 Å². The quantitative estimate of drug-likeness (QED) is 0.923. The van der Waals surface area contributed by atoms with E-state index in [0.717, 1.165) is 0 Å². The highest BCUT2D eigenvalue weighted by Gasteiger charge is 2.28. The zero-order valence-electron chi connectivity index (χ0n) is 11.9. The number of carbonyl (C=O) groups excluding carboxylic acids is 1. The van der Waals surface area contributed by atoms with Gasteiger partial charge >= 0.3 is 6.18 Å². The minimum absolute atomic E-state index is 0.112. The lowest BCUT2D eigenvalue weighted by atomic mass is 10.1. The summed E-state index contributed by atoms with van der Waals surface area (Å²) in [4.78, 5) is 16.2. The summed E-state index contributed by atoms with van der Waals surface area (Å²) in [5.41, 5.74) is 0.590. The van der Waals surface area contributed by atoms with Crippen LogP contribution < -0.4 is 10.1 Å². The van der Waals surface area contributed by atoms with E-state index in [4.69, 9.17) is 9.47 Å². The van der Waals surface area contributed by atoms with Crippen LogP contribution in [0.5, 0.6) is 5.75 Å². The highest BCUT2D eigenvalue weighted by atomic mass is 32.1. The fourth-order valence-corrected chi connectivity index (χ4v) is 3.06. The highest BCUT2D eigenvalue weighted by Crippen LogP contribution is 2.30. The second kappa shape index (κ2) is 6.32. The van der Waals surface area contributed by atoms with Crippen molar-refractivity contribution in [1.82, 2.24) is 4.98 Å². The molecule has 3 rings (SSSR count). The zero-order chi connectivity index (χ0) is 16.4. The van der Waals surface area contributed by atoms with Crippen molar-refractivity contribution in [1.29, 1.82) is 0 Å². The summed E-state index contributed by atoms with van der Waals surface area (Å²) in [6.07, 6.45) is -3.71. The molecule has 9 heteroatoms. The van der Waals surface area contributed by atoms with E-state index in [1.807, 2.05) is 0 Å². The Morgan fingerprint density at radius 2 is 2.30 bits per heavy atom. The van der Waals surface area contributed by atoms with Crippen LogP contribution in [0.2, 0.25) is 0 Å². The molecule has 23 heavy (non-hydrogen) atoms. The molecule has 0 saturated carbocycles. The average molecular weight is 346 g/mol. The van der Waals surface area contributed by atoms with Gasteiger partial charge in [0.2, 0.25) is 5.91 Å². The molecule has 1 aliphatic heterocycles. The van der Waals surface area contributed by atoms with Gasteiger partial charge in [-0.2, -0.15) is 13.2 Å². The Morgan fingerprint density at radius 1 is 1.48 bits per heavy atom. The number of hydrogen-bond acceptors (Lipinski definition) is 5. The van der Waals surface area contributed by atoms with Gasteiger partial charge in [-0.25, -0.2) is 4.98 Å². The third kappa shape index (κ3) is 4.11. The van der Waals surface area contributed by atoms with Crippen LogP contribution in [-0.2, 0) is 9.53 Å². The average Bonchev–Trinajstić information content (AvgIpc) is 3.12. The lowest BCUT2D eigenvalue weighted by molar-refractivity contribution is -0.153. The molecule has 1 saturated heterocycles. The summed E-state index contributed by atoms with van der Waals surface area (Å²) in [6.45, 7) is -0.382. The normalized spacial score (nSPS) is 18.3. The second-order valence-electron chi connectivity index (χ2n) is 5.10. The molecule has 1 aromatic heterocycles. The van der Waals surface area contributed by atoms with Gasteiger partial charge in [0, 0.05) is 6.61 Å². The molecular weight excluding hydrogens is 333 g/mol. The number of aromatic nitrogens is 1. The van der Waals surface area contributed by atoms with Gasteiger partial charge in [0.05, 0.1) is 22.7 Å². The van der Waals surface area contributed by atoms with Gasteiger partial charge in [0.15, 0.2) is 11.7 Å². The number of carbonyl (C=O) groups is 1. The molecule has 1 aromatic carbocycles. The molecule has 1 fully saturated rings. The van der Waals surface area contributed by atoms with Crippen molar-refractivity contribution in [2.75, 3.05) is 25.1 Å². The molecule has 1 N–H and O–H groups in total. The summed E-state index contributed by atoms with van der Waals surface area (Å²) < 4.78 is 47.0. The predicted molar refractivity (Wildman–Crippen MR) is 78.7 cm³/mol. The van der Waals surface area contributed by atoms with Crippen LogP contribution in [0, 0.1) is 5.92 Å². The van der Waals surface area contributed by atoms with Crippen molar-refractivity contribution in [3.8, 4) is 5.75 Å². The zero-order valence-corrected chi connectivity index (χ0v) is 12.7. The molecule has 1 atom stereocenters. The van der Waals surface area contributed by atoms with Gasteiger partial charge in [0.1, 0.15) is 5.75 Å². The van der Waals surface area contributed by atoms with Crippen LogP contribution in [0.4, 0.5) is 18.3 Å². The number of halogens is 3. The largest absolute Gasteiger partial charge is 0.484 e. The number of hydrogen-bond donors (Lipinski definition) is 1. The first-order valence-corrected chi connectivity index (χ1v) is 7.71. The summed E-state index contributed by atoms with van der Waals surface area (Å²) in [5, 5.41) is 3.12. The van der Waals surface area contributed by atoms with Gasteiger partial charge in [-0.1, -0.05) is 11.3 Å². The van der Waals surface area contributed by atoms with Crippen molar-refractivity contribution < 1.29 is 27.4 Å². The van der Waals surface area contributed by atoms with Crippen LogP contribution in [0.1, 0.15) is 6.42 Å². The summed E-state index contributed by atoms with van der Waals surface area (Å²) in [7, 11) is 0. The van der Waals surface area contributed by atoms with Crippen LogP contribution in [0.25, 0.3) is 10.2 Å². The Morgan fingerprint density at radius 3 is 3.00 bits per heavy atom. The van der Waals surface area contributed by atoms with Crippen molar-refractivity contribution in [3.63, 3.8) is 0 Å². The number of alkyl halides is 3. The minimum atomic E-state index is -4.38. The first-order valence-electron chi connectivity index (χ1n) is 6.89. The molecule has 0 aliphatic carbocycles. The number of ether oxygens (including phenoxy) is 2. The van der Waals surface area contributed by atoms with Crippen LogP contribution in [-0.4, -0.2) is 36.9 Å². The lowest BCUT2D eigenvalue weighted by Gasteiger charge is -2.08. The monoisotopic (exact) mass is 346 g/mol. The van der Waals surface area contributed by atoms with Crippen molar-refractivity contribution >= 4 is 32.6 Å². The van der Waals surface area contributed by atoms with Gasteiger partial charge in [0.25, 0.3) is 0 Å². The molecule has 124 valence electrons. The molecular formula is C14H13F3N2O3S. The fourth-order valence-electron chi connectivity index (χ4n) is 2.16. The molecule has 2 heterocycles. The number of amides is 1. The Bertz CT molecular complexity index is 711. The van der Waals surface area contributed by atoms with Gasteiger partial charge in [-0.15, -0.1) is 0 Å². The topological polar surface area (TPSA) is 60.5 Å². The van der Waals surface area contributed by atoms with Gasteiger partial charge in [-0.3, -0.25) is 4.79 Å². The molecule has 0 radical (unpaired) electrons. The van der Waals surface area contributed by atoms with Crippen molar-refractivity contribution in [2.45, 2.75) is 12.6 Å². The molecule has 1 amide bonds. The van der Waals surface area contributed by atoms with Crippen LogP contribution >= 0.6 is 11.3 Å². The Kier molecular flexibility index (Phi) is 4.40. The van der Waals surface area contributed by atoms with Crippen LogP contribution in [0.3, 0.4) is 0 Å². The first-order chi connectivity index (χ1) is 10.9. The Labute approximate surface area is 133 Å². The van der Waals surface area contributed by atoms with E-state index >= 15 is 0 Å². The number of nitrogens with one attached hydrogen (secondary N) is 1. The lowest BCUT2D eigenvalue weighted by Crippen LogP contribution is -2.22. The SMILES string of the molecule is O=C(Nc1nc2ccc(OCC(F)(F)F)cc2s1)C1CCOC1. The van der Waals surface area contributed by atoms with E-state index in [1.165, 1.54) is 23.5 Å². The smallest absolute Gasteiger partial charge is 0.422 e. The number of thiazole rings is 1. The van der Waals surface area contributed by atoms with E-state index in [1.54, 1.807) is 6.07 Å². The van der Waals surface area contributed by atoms with E-state index < -0.39 is 12.8 Å². The predicted octanol–water partition coefficient (Wildman–Crippen LogP) is 3.21. The Balaban J connectivity index is 1.70. The standard InChI is InChI=1S/C14H13F3N2O3S/c15-14(16,17)7-22-9-1-2-10-11(5-9)23-13(18-10)19-12(20)8-3-4-21-6-8/h1-2,5,8H,3-4,6-7H2,(H,18,19,20). The fraction of sp³-hybridized carbons (Fsp3) is 0.429. The number of nitrogens with zero attached hydrogens (tertiary/aromatic N) is 1.